The first-order valence-corrected chi connectivity index (χ1v) is 11.2. The minimum Gasteiger partial charge on any atom is -0.468 e. The second-order valence-electron chi connectivity index (χ2n) is 7.85. The van der Waals surface area contributed by atoms with Gasteiger partial charge in [0.15, 0.2) is 0 Å². The molecule has 2 N–H and O–H groups in total. The molecule has 2 atom stereocenters. The van der Waals surface area contributed by atoms with Crippen LogP contribution in [0.15, 0.2) is 54.6 Å². The summed E-state index contributed by atoms with van der Waals surface area (Å²) in [5.41, 5.74) is 1.64. The number of benzene rings is 2. The zero-order valence-electron chi connectivity index (χ0n) is 18.8. The fourth-order valence-corrected chi connectivity index (χ4v) is 4.11. The van der Waals surface area contributed by atoms with E-state index in [9.17, 15) is 14.4 Å². The summed E-state index contributed by atoms with van der Waals surface area (Å²) in [6.07, 6.45) is 0. The predicted octanol–water partition coefficient (Wildman–Crippen LogP) is 2.59. The van der Waals surface area contributed by atoms with Crippen LogP contribution in [0, 0.1) is 0 Å². The Hall–Kier alpha value is -2.94. The molecule has 2 unspecified atom stereocenters. The number of rotatable bonds is 7. The van der Waals surface area contributed by atoms with Gasteiger partial charge in [-0.05, 0) is 24.1 Å². The molecule has 33 heavy (non-hydrogen) atoms. The second kappa shape index (κ2) is 11.8. The maximum atomic E-state index is 12.6. The molecule has 0 saturated carbocycles. The largest absolute Gasteiger partial charge is 0.468 e. The molecule has 0 aromatic heterocycles. The Kier molecular flexibility index (Phi) is 8.82. The number of nitrogens with zero attached hydrogens (tertiary/aromatic N) is 2. The van der Waals surface area contributed by atoms with Crippen molar-refractivity contribution in [1.29, 1.82) is 0 Å². The number of carbonyl (C=O) groups is 3. The van der Waals surface area contributed by atoms with Crippen LogP contribution in [-0.2, 0) is 20.9 Å². The lowest BCUT2D eigenvalue weighted by atomic mass is 10.0. The number of amides is 3. The summed E-state index contributed by atoms with van der Waals surface area (Å²) in [5.74, 6) is -0.748. The highest BCUT2D eigenvalue weighted by Gasteiger charge is 2.34. The number of nitrogens with one attached hydrogen (secondary N) is 2. The van der Waals surface area contributed by atoms with Crippen LogP contribution in [0.3, 0.4) is 0 Å². The number of halogens is 1. The standard InChI is InChI=1S/C24H29ClN4O4/c1-17(22(30)27-24(32)26-16-18-8-4-3-5-9-18)28-12-14-29(15-13-28)21(23(31)33-2)19-10-6-7-11-20(19)25/h3-11,17,21H,12-16H2,1-2H3,(H2,26,27,30,32). The number of esters is 1. The highest BCUT2D eigenvalue weighted by atomic mass is 35.5. The molecule has 8 nitrogen and oxygen atoms in total. The predicted molar refractivity (Wildman–Crippen MR) is 126 cm³/mol. The van der Waals surface area contributed by atoms with Gasteiger partial charge in [0.25, 0.3) is 0 Å². The van der Waals surface area contributed by atoms with E-state index >= 15 is 0 Å². The van der Waals surface area contributed by atoms with Gasteiger partial charge in [-0.2, -0.15) is 0 Å². The van der Waals surface area contributed by atoms with Crippen LogP contribution in [0.2, 0.25) is 5.02 Å². The van der Waals surface area contributed by atoms with Crippen molar-refractivity contribution >= 4 is 29.5 Å². The van der Waals surface area contributed by atoms with E-state index in [1.165, 1.54) is 7.11 Å². The van der Waals surface area contributed by atoms with Gasteiger partial charge >= 0.3 is 12.0 Å². The Morgan fingerprint density at radius 2 is 1.58 bits per heavy atom. The normalized spacial score (nSPS) is 16.5. The van der Waals surface area contributed by atoms with Crippen LogP contribution < -0.4 is 10.6 Å². The Labute approximate surface area is 198 Å². The summed E-state index contributed by atoms with van der Waals surface area (Å²) in [7, 11) is 1.36. The summed E-state index contributed by atoms with van der Waals surface area (Å²) in [4.78, 5) is 41.2. The van der Waals surface area contributed by atoms with E-state index in [0.717, 1.165) is 5.56 Å². The molecular weight excluding hydrogens is 444 g/mol. The van der Waals surface area contributed by atoms with E-state index in [1.807, 2.05) is 58.3 Å². The lowest BCUT2D eigenvalue weighted by Crippen LogP contribution is -2.56. The molecule has 9 heteroatoms. The molecule has 3 amide bonds. The van der Waals surface area contributed by atoms with Gasteiger partial charge < -0.3 is 10.1 Å². The van der Waals surface area contributed by atoms with Crippen molar-refractivity contribution in [1.82, 2.24) is 20.4 Å². The number of urea groups is 1. The lowest BCUT2D eigenvalue weighted by Gasteiger charge is -2.40. The molecular formula is C24H29ClN4O4. The number of methoxy groups -OCH3 is 1. The van der Waals surface area contributed by atoms with Crippen molar-refractivity contribution < 1.29 is 19.1 Å². The molecule has 2 aromatic carbocycles. The Morgan fingerprint density at radius 1 is 0.970 bits per heavy atom. The van der Waals surface area contributed by atoms with Gasteiger partial charge in [-0.3, -0.25) is 19.9 Å². The van der Waals surface area contributed by atoms with Crippen LogP contribution in [0.1, 0.15) is 24.1 Å². The SMILES string of the molecule is COC(=O)C(c1ccccc1Cl)N1CCN(C(C)C(=O)NC(=O)NCc2ccccc2)CC1. The molecule has 176 valence electrons. The molecule has 1 fully saturated rings. The third-order valence-corrected chi connectivity index (χ3v) is 6.14. The molecule has 0 spiro atoms. The fourth-order valence-electron chi connectivity index (χ4n) is 3.87. The van der Waals surface area contributed by atoms with Crippen molar-refractivity contribution in [2.45, 2.75) is 25.6 Å². The minimum absolute atomic E-state index is 0.337. The van der Waals surface area contributed by atoms with Gasteiger partial charge in [-0.15, -0.1) is 0 Å². The Morgan fingerprint density at radius 3 is 2.21 bits per heavy atom. The number of imide groups is 1. The topological polar surface area (TPSA) is 91.0 Å². The van der Waals surface area contributed by atoms with Crippen LogP contribution in [-0.4, -0.2) is 67.0 Å². The van der Waals surface area contributed by atoms with Crippen LogP contribution in [0.4, 0.5) is 4.79 Å². The second-order valence-corrected chi connectivity index (χ2v) is 8.26. The molecule has 3 rings (SSSR count). The first-order valence-electron chi connectivity index (χ1n) is 10.8. The van der Waals surface area contributed by atoms with Gasteiger partial charge in [0, 0.05) is 37.7 Å². The van der Waals surface area contributed by atoms with Gasteiger partial charge in [0.05, 0.1) is 13.2 Å². The van der Waals surface area contributed by atoms with Gasteiger partial charge in [0.2, 0.25) is 5.91 Å². The smallest absolute Gasteiger partial charge is 0.327 e. The maximum Gasteiger partial charge on any atom is 0.327 e. The number of carbonyl (C=O) groups excluding carboxylic acids is 3. The zero-order chi connectivity index (χ0) is 23.8. The van der Waals surface area contributed by atoms with Crippen LogP contribution in [0.5, 0.6) is 0 Å². The monoisotopic (exact) mass is 472 g/mol. The fraction of sp³-hybridized carbons (Fsp3) is 0.375. The number of hydrogen-bond acceptors (Lipinski definition) is 6. The molecule has 1 aliphatic rings. The minimum atomic E-state index is -0.612. The van der Waals surface area contributed by atoms with Crippen LogP contribution >= 0.6 is 11.6 Å². The molecule has 0 radical (unpaired) electrons. The van der Waals surface area contributed by atoms with E-state index in [-0.39, 0.29) is 11.9 Å². The van der Waals surface area contributed by atoms with Gasteiger partial charge in [-0.25, -0.2) is 9.59 Å². The summed E-state index contributed by atoms with van der Waals surface area (Å²) >= 11 is 6.34. The summed E-state index contributed by atoms with van der Waals surface area (Å²) in [6, 6.07) is 15.1. The third-order valence-electron chi connectivity index (χ3n) is 5.80. The lowest BCUT2D eigenvalue weighted by molar-refractivity contribution is -0.148. The van der Waals surface area contributed by atoms with Crippen molar-refractivity contribution in [3.63, 3.8) is 0 Å². The maximum absolute atomic E-state index is 12.6. The molecule has 1 saturated heterocycles. The Balaban J connectivity index is 1.53. The first-order chi connectivity index (χ1) is 15.9. The van der Waals surface area contributed by atoms with Gasteiger partial charge in [-0.1, -0.05) is 60.1 Å². The number of piperazine rings is 1. The van der Waals surface area contributed by atoms with Gasteiger partial charge in [0.1, 0.15) is 6.04 Å². The summed E-state index contributed by atoms with van der Waals surface area (Å²) < 4.78 is 5.02. The molecule has 0 aliphatic carbocycles. The Bertz CT molecular complexity index is 964. The molecule has 0 bridgehead atoms. The van der Waals surface area contributed by atoms with E-state index in [2.05, 4.69) is 10.6 Å². The summed E-state index contributed by atoms with van der Waals surface area (Å²) in [5, 5.41) is 5.60. The van der Waals surface area contributed by atoms with Crippen molar-refractivity contribution in [2.24, 2.45) is 0 Å². The average Bonchev–Trinajstić information content (AvgIpc) is 2.84. The van der Waals surface area contributed by atoms with E-state index < -0.39 is 18.1 Å². The zero-order valence-corrected chi connectivity index (χ0v) is 19.5. The van der Waals surface area contributed by atoms with Crippen molar-refractivity contribution in [3.8, 4) is 0 Å². The average molecular weight is 473 g/mol. The first kappa shape index (κ1) is 24.7. The van der Waals surface area contributed by atoms with E-state index in [4.69, 9.17) is 16.3 Å². The quantitative estimate of drug-likeness (QED) is 0.602. The number of ether oxygens (including phenoxy) is 1. The third kappa shape index (κ3) is 6.54. The summed E-state index contributed by atoms with van der Waals surface area (Å²) in [6.45, 7) is 4.30. The highest BCUT2D eigenvalue weighted by Crippen LogP contribution is 2.29. The van der Waals surface area contributed by atoms with Crippen LogP contribution in [0.25, 0.3) is 0 Å². The molecule has 1 heterocycles. The van der Waals surface area contributed by atoms with Crippen molar-refractivity contribution in [3.05, 3.63) is 70.7 Å². The van der Waals surface area contributed by atoms with E-state index in [0.29, 0.717) is 43.3 Å². The highest BCUT2D eigenvalue weighted by molar-refractivity contribution is 6.31. The van der Waals surface area contributed by atoms with Crippen molar-refractivity contribution in [2.75, 3.05) is 33.3 Å². The van der Waals surface area contributed by atoms with E-state index in [1.54, 1.807) is 13.0 Å². The molecule has 2 aromatic rings. The number of hydrogen-bond donors (Lipinski definition) is 2. The molecule has 1 aliphatic heterocycles.